The van der Waals surface area contributed by atoms with Gasteiger partial charge in [-0.25, -0.2) is 4.79 Å². The van der Waals surface area contributed by atoms with Gasteiger partial charge < -0.3 is 14.5 Å². The maximum absolute atomic E-state index is 11.2. The van der Waals surface area contributed by atoms with E-state index in [1.807, 2.05) is 0 Å². The lowest BCUT2D eigenvalue weighted by Gasteiger charge is -2.21. The zero-order chi connectivity index (χ0) is 12.2. The molecule has 0 amide bonds. The smallest absolute Gasteiger partial charge is 0.333 e. The Labute approximate surface area is 89.3 Å². The van der Waals surface area contributed by atoms with E-state index in [-0.39, 0.29) is 11.5 Å². The van der Waals surface area contributed by atoms with Crippen molar-refractivity contribution < 1.29 is 23.9 Å². The van der Waals surface area contributed by atoms with Crippen molar-refractivity contribution in [1.29, 1.82) is 0 Å². The highest BCUT2D eigenvalue weighted by Gasteiger charge is 2.27. The molecule has 88 valence electrons. The molecule has 0 radical (unpaired) electrons. The summed E-state index contributed by atoms with van der Waals surface area (Å²) in [5, 5.41) is 0. The number of ether oxygens (including phenoxy) is 1. The summed E-state index contributed by atoms with van der Waals surface area (Å²) in [5.74, 6) is -0.775. The maximum Gasteiger partial charge on any atom is 0.333 e. The van der Waals surface area contributed by atoms with Crippen molar-refractivity contribution in [3.63, 3.8) is 0 Å². The topological polar surface area (TPSA) is 83.8 Å². The minimum atomic E-state index is -4.17. The van der Waals surface area contributed by atoms with Crippen LogP contribution >= 0.6 is 7.60 Å². The van der Waals surface area contributed by atoms with Gasteiger partial charge in [0, 0.05) is 5.57 Å². The molecule has 0 rings (SSSR count). The van der Waals surface area contributed by atoms with Crippen LogP contribution in [0.3, 0.4) is 0 Å². The molecule has 0 fully saturated rings. The summed E-state index contributed by atoms with van der Waals surface area (Å²) in [6.45, 7) is 8.34. The summed E-state index contributed by atoms with van der Waals surface area (Å²) in [5.41, 5.74) is 0.214. The van der Waals surface area contributed by atoms with Crippen molar-refractivity contribution >= 4 is 13.6 Å². The Kier molecular flexibility index (Phi) is 5.21. The molecule has 5 nitrogen and oxygen atoms in total. The Morgan fingerprint density at radius 2 is 1.93 bits per heavy atom. The lowest BCUT2D eigenvalue weighted by Crippen LogP contribution is -2.27. The molecule has 15 heavy (non-hydrogen) atoms. The van der Waals surface area contributed by atoms with E-state index in [1.165, 1.54) is 6.92 Å². The Hall–Kier alpha value is -0.640. The van der Waals surface area contributed by atoms with Crippen LogP contribution < -0.4 is 0 Å². The minimum Gasteiger partial charge on any atom is -0.458 e. The van der Waals surface area contributed by atoms with E-state index >= 15 is 0 Å². The summed E-state index contributed by atoms with van der Waals surface area (Å²) in [4.78, 5) is 28.7. The zero-order valence-electron chi connectivity index (χ0n) is 9.14. The molecule has 0 bridgehead atoms. The second-order valence-corrected chi connectivity index (χ2v) is 5.51. The van der Waals surface area contributed by atoms with E-state index < -0.39 is 25.8 Å². The average molecular weight is 236 g/mol. The molecule has 0 aromatic heterocycles. The van der Waals surface area contributed by atoms with Gasteiger partial charge in [-0.05, 0) is 12.8 Å². The van der Waals surface area contributed by atoms with Gasteiger partial charge in [-0.1, -0.05) is 20.4 Å². The van der Waals surface area contributed by atoms with Crippen molar-refractivity contribution in [2.24, 2.45) is 5.92 Å². The molecule has 0 aromatic rings. The average Bonchev–Trinajstić information content (AvgIpc) is 1.99. The van der Waals surface area contributed by atoms with Crippen molar-refractivity contribution in [3.8, 4) is 0 Å². The van der Waals surface area contributed by atoms with Gasteiger partial charge >= 0.3 is 13.6 Å². The van der Waals surface area contributed by atoms with E-state index in [4.69, 9.17) is 14.5 Å². The van der Waals surface area contributed by atoms with Crippen LogP contribution in [0.2, 0.25) is 0 Å². The maximum atomic E-state index is 11.2. The van der Waals surface area contributed by atoms with Crippen molar-refractivity contribution in [2.45, 2.75) is 26.9 Å². The van der Waals surface area contributed by atoms with Gasteiger partial charge in [0.25, 0.3) is 0 Å². The van der Waals surface area contributed by atoms with Crippen LogP contribution in [-0.4, -0.2) is 28.0 Å². The molecule has 0 aliphatic carbocycles. The van der Waals surface area contributed by atoms with Gasteiger partial charge in [0.1, 0.15) is 6.10 Å². The molecular weight excluding hydrogens is 219 g/mol. The van der Waals surface area contributed by atoms with E-state index in [2.05, 4.69) is 6.58 Å². The van der Waals surface area contributed by atoms with Gasteiger partial charge in [0.2, 0.25) is 0 Å². The summed E-state index contributed by atoms with van der Waals surface area (Å²) >= 11 is 0. The van der Waals surface area contributed by atoms with E-state index in [0.717, 1.165) is 0 Å². The van der Waals surface area contributed by atoms with Gasteiger partial charge in [0.15, 0.2) is 0 Å². The lowest BCUT2D eigenvalue weighted by atomic mass is 10.1. The highest BCUT2D eigenvalue weighted by Crippen LogP contribution is 2.37. The Balaban J connectivity index is 4.49. The highest BCUT2D eigenvalue weighted by molar-refractivity contribution is 7.51. The monoisotopic (exact) mass is 236 g/mol. The third-order valence-electron chi connectivity index (χ3n) is 1.77. The number of carbonyl (C=O) groups is 1. The summed E-state index contributed by atoms with van der Waals surface area (Å²) in [7, 11) is -4.17. The highest BCUT2D eigenvalue weighted by atomic mass is 31.2. The molecule has 1 unspecified atom stereocenters. The molecule has 0 spiro atoms. The van der Waals surface area contributed by atoms with Crippen LogP contribution in [-0.2, 0) is 14.1 Å². The largest absolute Gasteiger partial charge is 0.458 e. The van der Waals surface area contributed by atoms with Crippen LogP contribution in [0.25, 0.3) is 0 Å². The van der Waals surface area contributed by atoms with Crippen LogP contribution in [0.1, 0.15) is 20.8 Å². The van der Waals surface area contributed by atoms with Crippen molar-refractivity contribution in [3.05, 3.63) is 12.2 Å². The number of esters is 1. The number of hydrogen-bond donors (Lipinski definition) is 2. The molecule has 0 aliphatic rings. The van der Waals surface area contributed by atoms with Gasteiger partial charge in [-0.2, -0.15) is 0 Å². The molecule has 0 saturated heterocycles. The normalized spacial score (nSPS) is 13.7. The SMILES string of the molecule is C=C(C)C(=O)OC(CP(=O)(O)O)C(C)C. The first-order valence-corrected chi connectivity index (χ1v) is 6.34. The summed E-state index contributed by atoms with van der Waals surface area (Å²) < 4.78 is 15.7. The first kappa shape index (κ1) is 14.4. The molecule has 1 atom stereocenters. The van der Waals surface area contributed by atoms with Crippen molar-refractivity contribution in [1.82, 2.24) is 0 Å². The quantitative estimate of drug-likeness (QED) is 0.427. The predicted octanol–water partition coefficient (Wildman–Crippen LogP) is 1.31. The first-order valence-electron chi connectivity index (χ1n) is 4.54. The van der Waals surface area contributed by atoms with Crippen LogP contribution in [0.15, 0.2) is 12.2 Å². The summed E-state index contributed by atoms with van der Waals surface area (Å²) in [6.07, 6.45) is -1.24. The van der Waals surface area contributed by atoms with E-state index in [9.17, 15) is 9.36 Å². The van der Waals surface area contributed by atoms with Gasteiger partial charge in [0.05, 0.1) is 6.16 Å². The Bertz CT molecular complexity index is 291. The molecule has 2 N–H and O–H groups in total. The zero-order valence-corrected chi connectivity index (χ0v) is 10.0. The Morgan fingerprint density at radius 3 is 2.20 bits per heavy atom. The third-order valence-corrected chi connectivity index (χ3v) is 2.60. The molecule has 0 heterocycles. The summed E-state index contributed by atoms with van der Waals surface area (Å²) in [6, 6.07) is 0. The number of rotatable bonds is 5. The second kappa shape index (κ2) is 5.45. The lowest BCUT2D eigenvalue weighted by molar-refractivity contribution is -0.145. The molecule has 0 saturated carbocycles. The Morgan fingerprint density at radius 1 is 1.47 bits per heavy atom. The van der Waals surface area contributed by atoms with Gasteiger partial charge in [-0.3, -0.25) is 4.57 Å². The molecular formula is C9H17O5P. The van der Waals surface area contributed by atoms with Crippen LogP contribution in [0.4, 0.5) is 0 Å². The number of hydrogen-bond acceptors (Lipinski definition) is 3. The fourth-order valence-corrected chi connectivity index (χ4v) is 1.82. The van der Waals surface area contributed by atoms with Crippen LogP contribution in [0, 0.1) is 5.92 Å². The standard InChI is InChI=1S/C9H17O5P/c1-6(2)8(5-15(11,12)13)14-9(10)7(3)4/h6,8H,3,5H2,1-2,4H3,(H2,11,12,13). The third kappa shape index (κ3) is 6.44. The number of carbonyl (C=O) groups excluding carboxylic acids is 1. The van der Waals surface area contributed by atoms with Gasteiger partial charge in [-0.15, -0.1) is 0 Å². The fraction of sp³-hybridized carbons (Fsp3) is 0.667. The fourth-order valence-electron chi connectivity index (χ4n) is 0.857. The molecule has 0 aliphatic heterocycles. The van der Waals surface area contributed by atoms with Crippen LogP contribution in [0.5, 0.6) is 0 Å². The second-order valence-electron chi connectivity index (χ2n) is 3.82. The van der Waals surface area contributed by atoms with E-state index in [1.54, 1.807) is 13.8 Å². The van der Waals surface area contributed by atoms with Crippen molar-refractivity contribution in [2.75, 3.05) is 6.16 Å². The van der Waals surface area contributed by atoms with E-state index in [0.29, 0.717) is 0 Å². The minimum absolute atomic E-state index is 0.152. The molecule has 6 heteroatoms. The predicted molar refractivity (Wildman–Crippen MR) is 56.4 cm³/mol. The molecule has 0 aromatic carbocycles. The first-order chi connectivity index (χ1) is 6.63.